The summed E-state index contributed by atoms with van der Waals surface area (Å²) < 4.78 is 0. The van der Waals surface area contributed by atoms with Gasteiger partial charge in [0, 0.05) is 18.0 Å². The molecule has 0 bridgehead atoms. The van der Waals surface area contributed by atoms with Gasteiger partial charge in [0.15, 0.2) is 5.88 Å². The predicted molar refractivity (Wildman–Crippen MR) is 80.0 cm³/mol. The van der Waals surface area contributed by atoms with Crippen molar-refractivity contribution >= 4 is 28.8 Å². The topological polar surface area (TPSA) is 104 Å². The lowest BCUT2D eigenvalue weighted by atomic mass is 10.2. The number of aromatic nitrogens is 2. The molecule has 0 fully saturated rings. The van der Waals surface area contributed by atoms with Gasteiger partial charge in [-0.05, 0) is 30.3 Å². The van der Waals surface area contributed by atoms with Crippen LogP contribution in [0.1, 0.15) is 15.9 Å². The Morgan fingerprint density at radius 1 is 1.33 bits per heavy atom. The first-order valence-electron chi connectivity index (χ1n) is 6.25. The van der Waals surface area contributed by atoms with Crippen LogP contribution in [0.15, 0.2) is 47.6 Å². The quantitative estimate of drug-likeness (QED) is 0.640. The average Bonchev–Trinajstić information content (AvgIpc) is 2.81. The number of benzene rings is 1. The number of aromatic hydroxyl groups is 1. The highest BCUT2D eigenvalue weighted by molar-refractivity contribution is 6.00. The van der Waals surface area contributed by atoms with E-state index in [0.29, 0.717) is 22.3 Å². The van der Waals surface area contributed by atoms with E-state index in [1.807, 2.05) is 6.07 Å². The molecule has 4 N–H and O–H groups in total. The van der Waals surface area contributed by atoms with Crippen LogP contribution in [-0.2, 0) is 0 Å². The summed E-state index contributed by atoms with van der Waals surface area (Å²) in [6.45, 7) is 0. The zero-order chi connectivity index (χ0) is 14.8. The van der Waals surface area contributed by atoms with Crippen LogP contribution in [0.25, 0.3) is 11.0 Å². The molecule has 1 amide bonds. The second kappa shape index (κ2) is 5.09. The molecule has 0 aliphatic rings. The average molecular weight is 280 g/mol. The number of hydrogen-bond donors (Lipinski definition) is 3. The fraction of sp³-hybridized carbons (Fsp3) is 0. The Morgan fingerprint density at radius 3 is 3.00 bits per heavy atom. The van der Waals surface area contributed by atoms with Gasteiger partial charge < -0.3 is 15.8 Å². The van der Waals surface area contributed by atoms with Crippen LogP contribution in [-0.4, -0.2) is 27.2 Å². The Hall–Kier alpha value is -3.15. The number of rotatable bonds is 3. The number of aliphatic imine (C=N–C) groups is 1. The third-order valence-corrected chi connectivity index (χ3v) is 3.04. The van der Waals surface area contributed by atoms with Crippen LogP contribution >= 0.6 is 0 Å². The maximum Gasteiger partial charge on any atom is 0.248 e. The Kier molecular flexibility index (Phi) is 3.12. The molecule has 0 saturated heterocycles. The van der Waals surface area contributed by atoms with Crippen LogP contribution in [0.4, 0.5) is 5.69 Å². The first-order valence-corrected chi connectivity index (χ1v) is 6.25. The van der Waals surface area contributed by atoms with Crippen LogP contribution in [0.3, 0.4) is 0 Å². The third-order valence-electron chi connectivity index (χ3n) is 3.04. The van der Waals surface area contributed by atoms with Crippen LogP contribution in [0.2, 0.25) is 0 Å². The van der Waals surface area contributed by atoms with Crippen LogP contribution in [0.5, 0.6) is 5.88 Å². The zero-order valence-electron chi connectivity index (χ0n) is 10.9. The molecule has 0 aliphatic heterocycles. The Bertz CT molecular complexity index is 852. The zero-order valence-corrected chi connectivity index (χ0v) is 10.9. The largest absolute Gasteiger partial charge is 0.494 e. The van der Waals surface area contributed by atoms with Gasteiger partial charge in [-0.15, -0.1) is 0 Å². The van der Waals surface area contributed by atoms with E-state index in [2.05, 4.69) is 15.0 Å². The monoisotopic (exact) mass is 280 g/mol. The fourth-order valence-electron chi connectivity index (χ4n) is 2.03. The van der Waals surface area contributed by atoms with Gasteiger partial charge in [0.1, 0.15) is 5.52 Å². The SMILES string of the molecule is NC(=O)c1cccc(N=Cc2c(O)[nH]c3cccnc23)c1. The molecule has 0 radical (unpaired) electrons. The molecule has 6 nitrogen and oxygen atoms in total. The number of hydrogen-bond acceptors (Lipinski definition) is 4. The van der Waals surface area contributed by atoms with Gasteiger partial charge in [0.05, 0.1) is 16.8 Å². The molecule has 2 aromatic heterocycles. The molecular weight excluding hydrogens is 268 g/mol. The number of pyridine rings is 1. The van der Waals surface area contributed by atoms with E-state index < -0.39 is 5.91 Å². The molecule has 0 unspecified atom stereocenters. The Labute approximate surface area is 120 Å². The van der Waals surface area contributed by atoms with Crippen molar-refractivity contribution in [1.82, 2.24) is 9.97 Å². The molecule has 0 saturated carbocycles. The number of fused-ring (bicyclic) bond motifs is 1. The number of carbonyl (C=O) groups is 1. The van der Waals surface area contributed by atoms with Gasteiger partial charge in [0.2, 0.25) is 5.91 Å². The first-order chi connectivity index (χ1) is 10.1. The minimum absolute atomic E-state index is 0.00138. The van der Waals surface area contributed by atoms with Crippen molar-refractivity contribution in [3.8, 4) is 5.88 Å². The van der Waals surface area contributed by atoms with E-state index in [4.69, 9.17) is 5.73 Å². The van der Waals surface area contributed by atoms with E-state index in [1.165, 1.54) is 6.21 Å². The lowest BCUT2D eigenvalue weighted by Gasteiger charge is -1.97. The molecule has 1 aromatic carbocycles. The summed E-state index contributed by atoms with van der Waals surface area (Å²) in [5.74, 6) is -0.512. The predicted octanol–water partition coefficient (Wildman–Crippen LogP) is 2.12. The summed E-state index contributed by atoms with van der Waals surface area (Å²) in [7, 11) is 0. The van der Waals surface area contributed by atoms with Gasteiger partial charge in [-0.2, -0.15) is 0 Å². The summed E-state index contributed by atoms with van der Waals surface area (Å²) in [5.41, 5.74) is 8.02. The molecular formula is C15H12N4O2. The number of nitrogens with one attached hydrogen (secondary N) is 1. The van der Waals surface area contributed by atoms with Crippen molar-refractivity contribution in [2.75, 3.05) is 0 Å². The molecule has 3 aromatic rings. The summed E-state index contributed by atoms with van der Waals surface area (Å²) in [5, 5.41) is 9.89. The maximum atomic E-state index is 11.1. The van der Waals surface area contributed by atoms with Crippen molar-refractivity contribution in [1.29, 1.82) is 0 Å². The fourth-order valence-corrected chi connectivity index (χ4v) is 2.03. The number of amides is 1. The molecule has 6 heteroatoms. The maximum absolute atomic E-state index is 11.1. The van der Waals surface area contributed by atoms with Gasteiger partial charge >= 0.3 is 0 Å². The minimum Gasteiger partial charge on any atom is -0.494 e. The second-order valence-electron chi connectivity index (χ2n) is 4.46. The van der Waals surface area contributed by atoms with Gasteiger partial charge in [-0.3, -0.25) is 14.8 Å². The standard InChI is InChI=1S/C15H12N4O2/c16-14(20)9-3-1-4-10(7-9)18-8-11-13-12(19-15(11)21)5-2-6-17-13/h1-8,19,21H,(H2,16,20). The number of primary amides is 1. The van der Waals surface area contributed by atoms with Crippen molar-refractivity contribution in [3.63, 3.8) is 0 Å². The molecule has 0 spiro atoms. The van der Waals surface area contributed by atoms with E-state index in [9.17, 15) is 9.90 Å². The van der Waals surface area contributed by atoms with Crippen LogP contribution in [0, 0.1) is 0 Å². The van der Waals surface area contributed by atoms with E-state index in [0.717, 1.165) is 5.52 Å². The molecule has 2 heterocycles. The van der Waals surface area contributed by atoms with Crippen molar-refractivity contribution in [2.45, 2.75) is 0 Å². The van der Waals surface area contributed by atoms with Crippen molar-refractivity contribution in [3.05, 3.63) is 53.7 Å². The first kappa shape index (κ1) is 12.9. The highest BCUT2D eigenvalue weighted by Crippen LogP contribution is 2.24. The highest BCUT2D eigenvalue weighted by atomic mass is 16.3. The lowest BCUT2D eigenvalue weighted by Crippen LogP contribution is -2.10. The van der Waals surface area contributed by atoms with Gasteiger partial charge in [0.25, 0.3) is 0 Å². The van der Waals surface area contributed by atoms with Gasteiger partial charge in [-0.25, -0.2) is 0 Å². The number of nitrogens with two attached hydrogens (primary N) is 1. The van der Waals surface area contributed by atoms with E-state index in [1.54, 1.807) is 36.5 Å². The molecule has 21 heavy (non-hydrogen) atoms. The second-order valence-corrected chi connectivity index (χ2v) is 4.46. The van der Waals surface area contributed by atoms with Crippen molar-refractivity contribution < 1.29 is 9.90 Å². The summed E-state index contributed by atoms with van der Waals surface area (Å²) in [4.78, 5) is 22.4. The molecule has 3 rings (SSSR count). The Morgan fingerprint density at radius 2 is 2.19 bits per heavy atom. The third kappa shape index (κ3) is 2.46. The van der Waals surface area contributed by atoms with Gasteiger partial charge in [-0.1, -0.05) is 6.07 Å². The Balaban J connectivity index is 2.00. The van der Waals surface area contributed by atoms with E-state index >= 15 is 0 Å². The summed E-state index contributed by atoms with van der Waals surface area (Å²) in [6.07, 6.45) is 3.14. The lowest BCUT2D eigenvalue weighted by molar-refractivity contribution is 0.100. The highest BCUT2D eigenvalue weighted by Gasteiger charge is 2.09. The number of nitrogens with zero attached hydrogens (tertiary/aromatic N) is 2. The van der Waals surface area contributed by atoms with Crippen LogP contribution < -0.4 is 5.73 Å². The summed E-state index contributed by atoms with van der Waals surface area (Å²) >= 11 is 0. The van der Waals surface area contributed by atoms with E-state index in [-0.39, 0.29) is 5.88 Å². The normalized spacial score (nSPS) is 11.2. The molecule has 0 atom stereocenters. The summed E-state index contributed by atoms with van der Waals surface area (Å²) in [6, 6.07) is 10.2. The smallest absolute Gasteiger partial charge is 0.248 e. The number of aromatic amines is 1. The molecule has 104 valence electrons. The number of carbonyl (C=O) groups excluding carboxylic acids is 1. The minimum atomic E-state index is -0.511. The van der Waals surface area contributed by atoms with Crippen molar-refractivity contribution in [2.24, 2.45) is 10.7 Å². The molecule has 0 aliphatic carbocycles. The number of H-pyrrole nitrogens is 1.